The van der Waals surface area contributed by atoms with E-state index in [1.165, 1.54) is 18.4 Å². The highest BCUT2D eigenvalue weighted by Crippen LogP contribution is 2.31. The van der Waals surface area contributed by atoms with Crippen molar-refractivity contribution < 1.29 is 23.7 Å². The van der Waals surface area contributed by atoms with Gasteiger partial charge in [-0.1, -0.05) is 47.7 Å². The number of carbonyl (C=O) groups excluding carboxylic acids is 1. The summed E-state index contributed by atoms with van der Waals surface area (Å²) in [5.74, 6) is 1.62. The highest BCUT2D eigenvalue weighted by Gasteiger charge is 2.33. The predicted molar refractivity (Wildman–Crippen MR) is 157 cm³/mol. The summed E-state index contributed by atoms with van der Waals surface area (Å²) in [7, 11) is 4.52. The van der Waals surface area contributed by atoms with E-state index in [1.54, 1.807) is 37.8 Å². The predicted octanol–water partition coefficient (Wildman–Crippen LogP) is 4.31. The van der Waals surface area contributed by atoms with E-state index in [9.17, 15) is 9.59 Å². The smallest absolute Gasteiger partial charge is 0.338 e. The number of fused-ring (bicyclic) bond motifs is 1. The Kier molecular flexibility index (Phi) is 8.07. The molecule has 1 unspecified atom stereocenters. The fourth-order valence-corrected chi connectivity index (χ4v) is 5.87. The lowest BCUT2D eigenvalue weighted by Crippen LogP contribution is -2.39. The summed E-state index contributed by atoms with van der Waals surface area (Å²) in [5, 5.41) is 0. The van der Waals surface area contributed by atoms with Gasteiger partial charge in [-0.3, -0.25) is 9.36 Å². The fourth-order valence-electron chi connectivity index (χ4n) is 4.82. The van der Waals surface area contributed by atoms with Crippen molar-refractivity contribution in [1.29, 1.82) is 0 Å². The van der Waals surface area contributed by atoms with Gasteiger partial charge in [-0.05, 0) is 66.9 Å². The number of ether oxygens (including phenoxy) is 4. The van der Waals surface area contributed by atoms with E-state index in [4.69, 9.17) is 18.9 Å². The SMILES string of the molecule is COC(=O)C1=C(C)N=c2s/c(=C/c3ccc(OC)c(COc4ccccc4C)c3)c(=O)n2C1c1ccc(OC)cc1. The van der Waals surface area contributed by atoms with Crippen molar-refractivity contribution in [3.05, 3.63) is 120 Å². The molecule has 1 aliphatic heterocycles. The van der Waals surface area contributed by atoms with Crippen molar-refractivity contribution in [3.8, 4) is 17.2 Å². The van der Waals surface area contributed by atoms with Crippen LogP contribution in [0.15, 0.2) is 87.8 Å². The highest BCUT2D eigenvalue weighted by atomic mass is 32.1. The summed E-state index contributed by atoms with van der Waals surface area (Å²) in [6.07, 6.45) is 1.82. The second-order valence-corrected chi connectivity index (χ2v) is 10.5. The quantitative estimate of drug-likeness (QED) is 0.294. The van der Waals surface area contributed by atoms with E-state index in [0.717, 1.165) is 28.0 Å². The zero-order valence-electron chi connectivity index (χ0n) is 23.5. The average molecular weight is 571 g/mol. The molecular weight excluding hydrogens is 540 g/mol. The number of rotatable bonds is 8. The van der Waals surface area contributed by atoms with Crippen molar-refractivity contribution in [2.24, 2.45) is 4.99 Å². The number of benzene rings is 3. The molecule has 4 aromatic rings. The molecular formula is C32H30N2O6S. The van der Waals surface area contributed by atoms with Crippen LogP contribution in [-0.2, 0) is 16.1 Å². The molecule has 0 saturated heterocycles. The van der Waals surface area contributed by atoms with Crippen molar-refractivity contribution >= 4 is 23.4 Å². The summed E-state index contributed by atoms with van der Waals surface area (Å²) in [6.45, 7) is 4.05. The molecule has 0 bridgehead atoms. The second-order valence-electron chi connectivity index (χ2n) is 9.47. The van der Waals surface area contributed by atoms with Gasteiger partial charge < -0.3 is 18.9 Å². The molecule has 0 aliphatic carbocycles. The number of aryl methyl sites for hydroxylation is 1. The first-order valence-electron chi connectivity index (χ1n) is 12.9. The van der Waals surface area contributed by atoms with Gasteiger partial charge in [0.05, 0.1) is 43.2 Å². The maximum absolute atomic E-state index is 13.9. The minimum Gasteiger partial charge on any atom is -0.497 e. The van der Waals surface area contributed by atoms with E-state index < -0.39 is 12.0 Å². The van der Waals surface area contributed by atoms with Crippen LogP contribution in [0.2, 0.25) is 0 Å². The third-order valence-corrected chi connectivity index (χ3v) is 7.92. The van der Waals surface area contributed by atoms with Crippen molar-refractivity contribution in [2.75, 3.05) is 21.3 Å². The van der Waals surface area contributed by atoms with Crippen molar-refractivity contribution in [1.82, 2.24) is 4.57 Å². The number of allylic oxidation sites excluding steroid dienone is 1. The zero-order chi connectivity index (χ0) is 29.1. The number of methoxy groups -OCH3 is 3. The molecule has 8 nitrogen and oxygen atoms in total. The minimum absolute atomic E-state index is 0.253. The number of esters is 1. The van der Waals surface area contributed by atoms with Gasteiger partial charge in [0.25, 0.3) is 5.56 Å². The maximum atomic E-state index is 13.9. The van der Waals surface area contributed by atoms with Crippen LogP contribution in [0, 0.1) is 6.92 Å². The minimum atomic E-state index is -0.694. The van der Waals surface area contributed by atoms with Crippen LogP contribution in [0.4, 0.5) is 0 Å². The standard InChI is InChI=1S/C32H30N2O6S/c1-19-8-6-7-9-25(19)40-18-23-16-21(10-15-26(23)38-4)17-27-30(35)34-29(22-11-13-24(37-3)14-12-22)28(31(36)39-5)20(2)33-32(34)41-27/h6-17,29H,18H2,1-5H3/b27-17+. The van der Waals surface area contributed by atoms with E-state index >= 15 is 0 Å². The van der Waals surface area contributed by atoms with Crippen molar-refractivity contribution in [3.63, 3.8) is 0 Å². The normalized spacial score (nSPS) is 14.8. The van der Waals surface area contributed by atoms with Gasteiger partial charge in [-0.2, -0.15) is 0 Å². The molecule has 1 aliphatic rings. The molecule has 0 amide bonds. The van der Waals surface area contributed by atoms with E-state index in [2.05, 4.69) is 4.99 Å². The zero-order valence-corrected chi connectivity index (χ0v) is 24.3. The Balaban J connectivity index is 1.58. The van der Waals surface area contributed by atoms with Crippen LogP contribution >= 0.6 is 11.3 Å². The molecule has 1 aromatic heterocycles. The van der Waals surface area contributed by atoms with Crippen LogP contribution in [0.3, 0.4) is 0 Å². The van der Waals surface area contributed by atoms with E-state index in [0.29, 0.717) is 38.7 Å². The van der Waals surface area contributed by atoms with Gasteiger partial charge in [0.15, 0.2) is 4.80 Å². The Bertz CT molecular complexity index is 1820. The molecule has 0 N–H and O–H groups in total. The summed E-state index contributed by atoms with van der Waals surface area (Å²) >= 11 is 1.27. The van der Waals surface area contributed by atoms with Gasteiger partial charge in [-0.25, -0.2) is 9.79 Å². The topological polar surface area (TPSA) is 88.4 Å². The largest absolute Gasteiger partial charge is 0.497 e. The molecule has 0 fully saturated rings. The van der Waals surface area contributed by atoms with Gasteiger partial charge >= 0.3 is 5.97 Å². The third kappa shape index (κ3) is 5.53. The monoisotopic (exact) mass is 570 g/mol. The van der Waals surface area contributed by atoms with Crippen LogP contribution in [0.1, 0.15) is 35.2 Å². The summed E-state index contributed by atoms with van der Waals surface area (Å²) in [4.78, 5) is 31.9. The molecule has 3 aromatic carbocycles. The fraction of sp³-hybridized carbons (Fsp3) is 0.219. The number of carbonyl (C=O) groups is 1. The Morgan fingerprint density at radius 3 is 2.41 bits per heavy atom. The number of thiazole rings is 1. The summed E-state index contributed by atoms with van der Waals surface area (Å²) in [6, 6.07) is 20.1. The maximum Gasteiger partial charge on any atom is 0.338 e. The number of para-hydroxylation sites is 1. The Morgan fingerprint density at radius 2 is 1.73 bits per heavy atom. The van der Waals surface area contributed by atoms with Crippen LogP contribution in [0.5, 0.6) is 17.2 Å². The van der Waals surface area contributed by atoms with Crippen molar-refractivity contribution in [2.45, 2.75) is 26.5 Å². The third-order valence-electron chi connectivity index (χ3n) is 6.94. The van der Waals surface area contributed by atoms with E-state index in [-0.39, 0.29) is 5.56 Å². The Morgan fingerprint density at radius 1 is 0.976 bits per heavy atom. The molecule has 41 heavy (non-hydrogen) atoms. The number of aromatic nitrogens is 1. The van der Waals surface area contributed by atoms with Crippen LogP contribution < -0.4 is 29.1 Å². The number of nitrogens with zero attached hydrogens (tertiary/aromatic N) is 2. The van der Waals surface area contributed by atoms with Gasteiger partial charge in [0.1, 0.15) is 23.9 Å². The lowest BCUT2D eigenvalue weighted by atomic mass is 9.96. The lowest BCUT2D eigenvalue weighted by molar-refractivity contribution is -0.136. The molecule has 0 spiro atoms. The molecule has 210 valence electrons. The van der Waals surface area contributed by atoms with Gasteiger partial charge in [0, 0.05) is 5.56 Å². The molecule has 0 saturated carbocycles. The molecule has 1 atom stereocenters. The number of hydrogen-bond donors (Lipinski definition) is 0. The number of hydrogen-bond acceptors (Lipinski definition) is 8. The van der Waals surface area contributed by atoms with Gasteiger partial charge in [0.2, 0.25) is 0 Å². The van der Waals surface area contributed by atoms with Gasteiger partial charge in [-0.15, -0.1) is 0 Å². The Labute approximate surface area is 241 Å². The Hall–Kier alpha value is -4.63. The first kappa shape index (κ1) is 27.9. The highest BCUT2D eigenvalue weighted by molar-refractivity contribution is 7.07. The first-order chi connectivity index (χ1) is 19.8. The van der Waals surface area contributed by atoms with Crippen LogP contribution in [0.25, 0.3) is 6.08 Å². The van der Waals surface area contributed by atoms with Crippen LogP contribution in [-0.4, -0.2) is 31.9 Å². The second kappa shape index (κ2) is 11.9. The molecule has 9 heteroatoms. The summed E-state index contributed by atoms with van der Waals surface area (Å²) < 4.78 is 24.1. The van der Waals surface area contributed by atoms with E-state index in [1.807, 2.05) is 67.6 Å². The molecule has 5 rings (SSSR count). The lowest BCUT2D eigenvalue weighted by Gasteiger charge is -2.24. The molecule has 0 radical (unpaired) electrons. The first-order valence-corrected chi connectivity index (χ1v) is 13.8. The molecule has 2 heterocycles. The average Bonchev–Trinajstić information content (AvgIpc) is 3.29. The summed E-state index contributed by atoms with van der Waals surface area (Å²) in [5.41, 5.74) is 4.01.